The molecule has 0 saturated carbocycles. The highest BCUT2D eigenvalue weighted by Gasteiger charge is 2.11. The molecule has 0 aliphatic carbocycles. The number of hydrogen-bond donors (Lipinski definition) is 3. The fraction of sp³-hybridized carbons (Fsp3) is 0.235. The predicted octanol–water partition coefficient (Wildman–Crippen LogP) is 1.88. The number of fused-ring (bicyclic) bond motifs is 3. The summed E-state index contributed by atoms with van der Waals surface area (Å²) in [4.78, 5) is 11.8. The lowest BCUT2D eigenvalue weighted by Crippen LogP contribution is -2.27. The Balaban J connectivity index is 1.98. The summed E-state index contributed by atoms with van der Waals surface area (Å²) in [6.45, 7) is 0.841. The van der Waals surface area contributed by atoms with Gasteiger partial charge in [0.25, 0.3) is 0 Å². The Morgan fingerprint density at radius 3 is 2.73 bits per heavy atom. The van der Waals surface area contributed by atoms with Crippen LogP contribution in [-0.2, 0) is 11.3 Å². The number of nitrogens with zero attached hydrogens (tertiary/aromatic N) is 1. The Labute approximate surface area is 128 Å². The Bertz CT molecular complexity index is 823. The van der Waals surface area contributed by atoms with E-state index in [2.05, 4.69) is 22.0 Å². The first-order chi connectivity index (χ1) is 10.7. The molecule has 114 valence electrons. The standard InChI is InChI=1S/C17H19N3O2/c18-12-5-6-16-14(11-12)13-3-1-2-4-15(13)20(16)9-7-17(22)19-8-10-21/h1-6,11,21H,7-10,18H2,(H,19,22). The van der Waals surface area contributed by atoms with Crippen molar-refractivity contribution in [1.29, 1.82) is 0 Å². The van der Waals surface area contributed by atoms with Gasteiger partial charge in [-0.1, -0.05) is 18.2 Å². The largest absolute Gasteiger partial charge is 0.399 e. The van der Waals surface area contributed by atoms with Crippen LogP contribution < -0.4 is 11.1 Å². The number of aliphatic hydroxyl groups is 1. The second-order valence-corrected chi connectivity index (χ2v) is 5.27. The summed E-state index contributed by atoms with van der Waals surface area (Å²) >= 11 is 0. The van der Waals surface area contributed by atoms with E-state index in [9.17, 15) is 4.79 Å². The Morgan fingerprint density at radius 2 is 1.91 bits per heavy atom. The summed E-state index contributed by atoms with van der Waals surface area (Å²) in [5.41, 5.74) is 8.81. The first kappa shape index (κ1) is 14.4. The maximum absolute atomic E-state index is 11.8. The van der Waals surface area contributed by atoms with Crippen LogP contribution in [0.4, 0.5) is 5.69 Å². The van der Waals surface area contributed by atoms with Crippen LogP contribution in [0.2, 0.25) is 0 Å². The van der Waals surface area contributed by atoms with Gasteiger partial charge >= 0.3 is 0 Å². The molecule has 22 heavy (non-hydrogen) atoms. The van der Waals surface area contributed by atoms with Crippen LogP contribution in [-0.4, -0.2) is 28.7 Å². The van der Waals surface area contributed by atoms with Crippen LogP contribution in [0.1, 0.15) is 6.42 Å². The van der Waals surface area contributed by atoms with Gasteiger partial charge in [-0.25, -0.2) is 0 Å². The normalized spacial score (nSPS) is 11.1. The van der Waals surface area contributed by atoms with Crippen molar-refractivity contribution >= 4 is 33.4 Å². The molecule has 2 aromatic carbocycles. The Kier molecular flexibility index (Phi) is 3.98. The molecule has 1 heterocycles. The molecule has 5 heteroatoms. The van der Waals surface area contributed by atoms with Gasteiger partial charge in [-0.2, -0.15) is 0 Å². The molecule has 3 rings (SSSR count). The lowest BCUT2D eigenvalue weighted by molar-refractivity contribution is -0.121. The molecule has 0 bridgehead atoms. The number of nitrogen functional groups attached to an aromatic ring is 1. The first-order valence-electron chi connectivity index (χ1n) is 7.34. The van der Waals surface area contributed by atoms with Crippen molar-refractivity contribution in [3.05, 3.63) is 42.5 Å². The summed E-state index contributed by atoms with van der Waals surface area (Å²) in [6, 6.07) is 14.0. The molecule has 0 radical (unpaired) electrons. The molecule has 3 aromatic rings. The van der Waals surface area contributed by atoms with Crippen molar-refractivity contribution in [3.63, 3.8) is 0 Å². The van der Waals surface area contributed by atoms with Gasteiger partial charge in [0.15, 0.2) is 0 Å². The van der Waals surface area contributed by atoms with E-state index in [0.29, 0.717) is 19.5 Å². The number of para-hydroxylation sites is 1. The predicted molar refractivity (Wildman–Crippen MR) is 88.6 cm³/mol. The van der Waals surface area contributed by atoms with Crippen molar-refractivity contribution in [3.8, 4) is 0 Å². The van der Waals surface area contributed by atoms with Crippen molar-refractivity contribution in [2.45, 2.75) is 13.0 Å². The quantitative estimate of drug-likeness (QED) is 0.629. The maximum atomic E-state index is 11.8. The van der Waals surface area contributed by atoms with E-state index in [-0.39, 0.29) is 12.5 Å². The van der Waals surface area contributed by atoms with Crippen LogP contribution in [0.15, 0.2) is 42.5 Å². The molecule has 1 amide bonds. The minimum absolute atomic E-state index is 0.0413. The van der Waals surface area contributed by atoms with Crippen LogP contribution in [0, 0.1) is 0 Å². The molecule has 1 aromatic heterocycles. The van der Waals surface area contributed by atoms with Crippen molar-refractivity contribution in [1.82, 2.24) is 9.88 Å². The molecular formula is C17H19N3O2. The van der Waals surface area contributed by atoms with E-state index in [1.165, 1.54) is 0 Å². The maximum Gasteiger partial charge on any atom is 0.221 e. The van der Waals surface area contributed by atoms with Gasteiger partial charge in [-0.3, -0.25) is 4.79 Å². The van der Waals surface area contributed by atoms with Gasteiger partial charge in [0, 0.05) is 47.0 Å². The third kappa shape index (κ3) is 2.63. The molecule has 0 aliphatic rings. The Hall–Kier alpha value is -2.53. The van der Waals surface area contributed by atoms with Gasteiger partial charge in [0.1, 0.15) is 0 Å². The van der Waals surface area contributed by atoms with E-state index < -0.39 is 0 Å². The lowest BCUT2D eigenvalue weighted by Gasteiger charge is -2.08. The lowest BCUT2D eigenvalue weighted by atomic mass is 10.1. The fourth-order valence-electron chi connectivity index (χ4n) is 2.81. The average molecular weight is 297 g/mol. The number of aliphatic hydroxyl groups excluding tert-OH is 1. The van der Waals surface area contributed by atoms with E-state index in [0.717, 1.165) is 27.5 Å². The zero-order valence-electron chi connectivity index (χ0n) is 12.2. The minimum Gasteiger partial charge on any atom is -0.399 e. The smallest absolute Gasteiger partial charge is 0.221 e. The molecule has 0 unspecified atom stereocenters. The highest BCUT2D eigenvalue weighted by Crippen LogP contribution is 2.30. The fourth-order valence-corrected chi connectivity index (χ4v) is 2.81. The molecule has 0 aliphatic heterocycles. The zero-order valence-corrected chi connectivity index (χ0v) is 12.2. The number of carbonyl (C=O) groups is 1. The van der Waals surface area contributed by atoms with Crippen LogP contribution in [0.5, 0.6) is 0 Å². The summed E-state index contributed by atoms with van der Waals surface area (Å²) < 4.78 is 2.14. The minimum atomic E-state index is -0.0598. The third-order valence-corrected chi connectivity index (χ3v) is 3.79. The van der Waals surface area contributed by atoms with E-state index in [1.54, 1.807) is 0 Å². The number of anilines is 1. The van der Waals surface area contributed by atoms with Gasteiger partial charge in [0.05, 0.1) is 6.61 Å². The van der Waals surface area contributed by atoms with Gasteiger partial charge in [-0.05, 0) is 24.3 Å². The summed E-state index contributed by atoms with van der Waals surface area (Å²) in [6.07, 6.45) is 0.373. The van der Waals surface area contributed by atoms with E-state index in [1.807, 2.05) is 30.3 Å². The van der Waals surface area contributed by atoms with Gasteiger partial charge in [0.2, 0.25) is 5.91 Å². The second kappa shape index (κ2) is 6.07. The highest BCUT2D eigenvalue weighted by molar-refractivity contribution is 6.09. The van der Waals surface area contributed by atoms with Gasteiger partial charge < -0.3 is 20.7 Å². The Morgan fingerprint density at radius 1 is 1.14 bits per heavy atom. The van der Waals surface area contributed by atoms with E-state index in [4.69, 9.17) is 10.8 Å². The number of rotatable bonds is 5. The zero-order chi connectivity index (χ0) is 15.5. The molecule has 0 atom stereocenters. The molecule has 0 fully saturated rings. The number of nitrogens with two attached hydrogens (primary N) is 1. The number of aryl methyl sites for hydroxylation is 1. The summed E-state index contributed by atoms with van der Waals surface area (Å²) in [5, 5.41) is 13.7. The molecule has 0 saturated heterocycles. The number of carbonyl (C=O) groups excluding carboxylic acids is 1. The molecule has 0 spiro atoms. The van der Waals surface area contributed by atoms with Crippen molar-refractivity contribution in [2.24, 2.45) is 0 Å². The first-order valence-corrected chi connectivity index (χ1v) is 7.34. The average Bonchev–Trinajstić information content (AvgIpc) is 2.84. The molecule has 5 nitrogen and oxygen atoms in total. The summed E-state index contributed by atoms with van der Waals surface area (Å²) in [5.74, 6) is -0.0598. The number of benzene rings is 2. The number of hydrogen-bond acceptors (Lipinski definition) is 3. The van der Waals surface area contributed by atoms with Crippen molar-refractivity contribution < 1.29 is 9.90 Å². The number of amides is 1. The van der Waals surface area contributed by atoms with Crippen LogP contribution in [0.25, 0.3) is 21.8 Å². The SMILES string of the molecule is Nc1ccc2c(c1)c1ccccc1n2CCC(=O)NCCO. The van der Waals surface area contributed by atoms with Crippen molar-refractivity contribution in [2.75, 3.05) is 18.9 Å². The second-order valence-electron chi connectivity index (χ2n) is 5.27. The van der Waals surface area contributed by atoms with E-state index >= 15 is 0 Å². The third-order valence-electron chi connectivity index (χ3n) is 3.79. The van der Waals surface area contributed by atoms with Gasteiger partial charge in [-0.15, -0.1) is 0 Å². The molecule has 4 N–H and O–H groups in total. The highest BCUT2D eigenvalue weighted by atomic mass is 16.3. The number of nitrogens with one attached hydrogen (secondary N) is 1. The topological polar surface area (TPSA) is 80.3 Å². The van der Waals surface area contributed by atoms with Crippen LogP contribution in [0.3, 0.4) is 0 Å². The van der Waals surface area contributed by atoms with Crippen LogP contribution >= 0.6 is 0 Å². The summed E-state index contributed by atoms with van der Waals surface area (Å²) in [7, 11) is 0. The monoisotopic (exact) mass is 297 g/mol. The number of aromatic nitrogens is 1. The molecular weight excluding hydrogens is 278 g/mol.